The second kappa shape index (κ2) is 9.97. The van der Waals surface area contributed by atoms with E-state index in [0.29, 0.717) is 23.0 Å². The number of rotatable bonds is 4. The number of thiophene rings is 1. The highest BCUT2D eigenvalue weighted by Gasteiger charge is 2.20. The highest BCUT2D eigenvalue weighted by Crippen LogP contribution is 2.44. The molecule has 0 aliphatic heterocycles. The first-order chi connectivity index (χ1) is 23.9. The minimum absolute atomic E-state index is 0.180. The van der Waals surface area contributed by atoms with Crippen LogP contribution in [0.3, 0.4) is 0 Å². The van der Waals surface area contributed by atoms with Crippen molar-refractivity contribution in [1.29, 1.82) is 0 Å². The van der Waals surface area contributed by atoms with Gasteiger partial charge in [0.2, 0.25) is 0 Å². The average molecular weight is 587 g/mol. The maximum absolute atomic E-state index is 8.66. The molecule has 206 valence electrons. The molecule has 0 aliphatic rings. The van der Waals surface area contributed by atoms with Gasteiger partial charge in [-0.3, -0.25) is 0 Å². The van der Waals surface area contributed by atoms with Gasteiger partial charge in [0.05, 0.1) is 6.85 Å². The number of aromatic nitrogens is 3. The van der Waals surface area contributed by atoms with Gasteiger partial charge in [0.15, 0.2) is 17.5 Å². The molecular formula is C39H23N3OS. The van der Waals surface area contributed by atoms with Crippen LogP contribution in [0.2, 0.25) is 0 Å². The van der Waals surface area contributed by atoms with Crippen molar-refractivity contribution < 1.29 is 11.3 Å². The topological polar surface area (TPSA) is 51.8 Å². The SMILES string of the molecule is [2H]c1c([2H])c([2H])c(-c2cccc3c2sc2cccc(-c4nc(-c5ccccc5)nc(-c5cccc6oc7ccccc7c56)n4)c23)c([2H])c1[2H]. The van der Waals surface area contributed by atoms with Gasteiger partial charge < -0.3 is 4.42 Å². The van der Waals surface area contributed by atoms with Gasteiger partial charge in [-0.15, -0.1) is 11.3 Å². The van der Waals surface area contributed by atoms with Crippen LogP contribution < -0.4 is 0 Å². The summed E-state index contributed by atoms with van der Waals surface area (Å²) in [6.07, 6.45) is 0. The normalized spacial score (nSPS) is 13.2. The molecule has 0 atom stereocenters. The Morgan fingerprint density at radius 1 is 0.500 bits per heavy atom. The van der Waals surface area contributed by atoms with E-state index in [9.17, 15) is 0 Å². The maximum atomic E-state index is 8.66. The summed E-state index contributed by atoms with van der Waals surface area (Å²) in [5, 5.41) is 3.70. The van der Waals surface area contributed by atoms with Crippen LogP contribution in [-0.2, 0) is 0 Å². The molecule has 0 amide bonds. The number of nitrogens with zero attached hydrogens (tertiary/aromatic N) is 3. The van der Waals surface area contributed by atoms with Crippen molar-refractivity contribution in [3.8, 4) is 45.3 Å². The van der Waals surface area contributed by atoms with Crippen molar-refractivity contribution in [1.82, 2.24) is 15.0 Å². The quantitative estimate of drug-likeness (QED) is 0.206. The Morgan fingerprint density at radius 3 is 1.98 bits per heavy atom. The molecule has 9 rings (SSSR count). The van der Waals surface area contributed by atoms with Crippen molar-refractivity contribution in [3.05, 3.63) is 139 Å². The smallest absolute Gasteiger partial charge is 0.164 e. The van der Waals surface area contributed by atoms with E-state index in [2.05, 4.69) is 0 Å². The molecule has 0 spiro atoms. The van der Waals surface area contributed by atoms with E-state index in [4.69, 9.17) is 26.2 Å². The lowest BCUT2D eigenvalue weighted by atomic mass is 10.0. The highest BCUT2D eigenvalue weighted by molar-refractivity contribution is 7.26. The molecular weight excluding hydrogens is 559 g/mol. The maximum Gasteiger partial charge on any atom is 0.164 e. The zero-order valence-electron chi connectivity index (χ0n) is 28.1. The first kappa shape index (κ1) is 20.3. The van der Waals surface area contributed by atoms with Crippen LogP contribution in [0.1, 0.15) is 6.85 Å². The molecule has 3 aromatic heterocycles. The number of benzene rings is 6. The van der Waals surface area contributed by atoms with E-state index in [-0.39, 0.29) is 29.7 Å². The molecule has 44 heavy (non-hydrogen) atoms. The van der Waals surface area contributed by atoms with Gasteiger partial charge in [0.1, 0.15) is 11.2 Å². The number of hydrogen-bond acceptors (Lipinski definition) is 5. The molecule has 0 N–H and O–H groups in total. The lowest BCUT2D eigenvalue weighted by molar-refractivity contribution is 0.669. The Balaban J connectivity index is 1.33. The fourth-order valence-corrected chi connectivity index (χ4v) is 7.16. The molecule has 4 nitrogen and oxygen atoms in total. The van der Waals surface area contributed by atoms with Crippen LogP contribution in [0.25, 0.3) is 87.4 Å². The fraction of sp³-hybridized carbons (Fsp3) is 0. The second-order valence-electron chi connectivity index (χ2n) is 10.4. The van der Waals surface area contributed by atoms with Gasteiger partial charge in [-0.05, 0) is 29.3 Å². The molecule has 0 radical (unpaired) electrons. The largest absolute Gasteiger partial charge is 0.456 e. The minimum Gasteiger partial charge on any atom is -0.456 e. The van der Waals surface area contributed by atoms with Gasteiger partial charge in [-0.2, -0.15) is 0 Å². The van der Waals surface area contributed by atoms with Crippen LogP contribution >= 0.6 is 11.3 Å². The molecule has 5 heteroatoms. The van der Waals surface area contributed by atoms with Gasteiger partial charge >= 0.3 is 0 Å². The minimum atomic E-state index is -0.413. The summed E-state index contributed by atoms with van der Waals surface area (Å²) in [4.78, 5) is 15.2. The Labute approximate surface area is 264 Å². The number of furan rings is 1. The summed E-state index contributed by atoms with van der Waals surface area (Å²) in [6.45, 7) is 0. The highest BCUT2D eigenvalue weighted by atomic mass is 32.1. The van der Waals surface area contributed by atoms with E-state index < -0.39 is 6.04 Å². The van der Waals surface area contributed by atoms with Gasteiger partial charge in [-0.25, -0.2) is 15.0 Å². The summed E-state index contributed by atoms with van der Waals surface area (Å²) in [5.41, 5.74) is 4.77. The van der Waals surface area contributed by atoms with E-state index >= 15 is 0 Å². The molecule has 0 unspecified atom stereocenters. The summed E-state index contributed by atoms with van der Waals surface area (Å²) < 4.78 is 49.9. The van der Waals surface area contributed by atoms with Crippen LogP contribution in [0.15, 0.2) is 144 Å². The second-order valence-corrected chi connectivity index (χ2v) is 11.5. The number of fused-ring (bicyclic) bond motifs is 6. The van der Waals surface area contributed by atoms with Crippen LogP contribution in [-0.4, -0.2) is 15.0 Å². The first-order valence-electron chi connectivity index (χ1n) is 16.6. The van der Waals surface area contributed by atoms with Crippen molar-refractivity contribution >= 4 is 53.4 Å². The molecule has 3 heterocycles. The number of hydrogen-bond donors (Lipinski definition) is 0. The first-order valence-corrected chi connectivity index (χ1v) is 14.9. The summed E-state index contributed by atoms with van der Waals surface area (Å²) in [5.74, 6) is 1.53. The molecule has 9 aromatic rings. The van der Waals surface area contributed by atoms with E-state index in [1.165, 1.54) is 11.3 Å². The third-order valence-corrected chi connectivity index (χ3v) is 9.05. The van der Waals surface area contributed by atoms with Gasteiger partial charge in [-0.1, -0.05) is 121 Å². The standard InChI is InChI=1S/C39H23N3OS/c1-3-12-24(13-4-1)26-17-9-18-28-35-30(20-11-23-33(35)44-36(26)28)39-41-37(25-14-5-2-6-15-25)40-38(42-39)29-19-10-22-32-34(29)27-16-7-8-21-31(27)43-32/h1-23H/i1D,3D,4D,12D,13D. The third-order valence-electron chi connectivity index (χ3n) is 7.84. The lowest BCUT2D eigenvalue weighted by Gasteiger charge is -2.10. The zero-order valence-corrected chi connectivity index (χ0v) is 23.9. The Kier molecular flexibility index (Phi) is 4.60. The Bertz CT molecular complexity index is 2770. The van der Waals surface area contributed by atoms with E-state index in [0.717, 1.165) is 58.8 Å². The van der Waals surface area contributed by atoms with Gasteiger partial charge in [0, 0.05) is 47.6 Å². The van der Waals surface area contributed by atoms with E-state index in [1.807, 2.05) is 109 Å². The van der Waals surface area contributed by atoms with Gasteiger partial charge in [0.25, 0.3) is 0 Å². The Morgan fingerprint density at radius 2 is 1.14 bits per heavy atom. The van der Waals surface area contributed by atoms with Crippen LogP contribution in [0, 0.1) is 0 Å². The fourth-order valence-electron chi connectivity index (χ4n) is 5.91. The Hall–Kier alpha value is -5.65. The molecule has 0 aliphatic carbocycles. The van der Waals surface area contributed by atoms with Crippen LogP contribution in [0.4, 0.5) is 0 Å². The van der Waals surface area contributed by atoms with Crippen molar-refractivity contribution in [2.24, 2.45) is 0 Å². The monoisotopic (exact) mass is 586 g/mol. The van der Waals surface area contributed by atoms with Crippen molar-refractivity contribution in [2.45, 2.75) is 0 Å². The van der Waals surface area contributed by atoms with E-state index in [1.54, 1.807) is 0 Å². The molecule has 0 fully saturated rings. The zero-order chi connectivity index (χ0) is 33.4. The predicted octanol–water partition coefficient (Wildman–Crippen LogP) is 10.8. The summed E-state index contributed by atoms with van der Waals surface area (Å²) in [7, 11) is 0. The summed E-state index contributed by atoms with van der Waals surface area (Å²) in [6, 6.07) is 33.7. The predicted molar refractivity (Wildman–Crippen MR) is 182 cm³/mol. The molecule has 6 aromatic carbocycles. The van der Waals surface area contributed by atoms with Crippen molar-refractivity contribution in [2.75, 3.05) is 0 Å². The average Bonchev–Trinajstić information content (AvgIpc) is 3.72. The third kappa shape index (κ3) is 3.94. The molecule has 0 saturated heterocycles. The lowest BCUT2D eigenvalue weighted by Crippen LogP contribution is -2.00. The number of para-hydroxylation sites is 1. The molecule has 0 saturated carbocycles. The summed E-state index contributed by atoms with van der Waals surface area (Å²) >= 11 is 1.51. The van der Waals surface area contributed by atoms with Crippen molar-refractivity contribution in [3.63, 3.8) is 0 Å². The van der Waals surface area contributed by atoms with Crippen LogP contribution in [0.5, 0.6) is 0 Å². The molecule has 0 bridgehead atoms.